The molecule has 1 aliphatic carbocycles. The van der Waals surface area contributed by atoms with Gasteiger partial charge in [0.1, 0.15) is 0 Å². The van der Waals surface area contributed by atoms with E-state index >= 15 is 0 Å². The molecule has 1 aromatic carbocycles. The summed E-state index contributed by atoms with van der Waals surface area (Å²) >= 11 is 0. The molecule has 0 spiro atoms. The zero-order valence-corrected chi connectivity index (χ0v) is 15.9. The van der Waals surface area contributed by atoms with Gasteiger partial charge in [0.2, 0.25) is 10.0 Å². The number of hydrogen-bond acceptors (Lipinski definition) is 4. The maximum Gasteiger partial charge on any atom is 0.240 e. The van der Waals surface area contributed by atoms with E-state index in [-0.39, 0.29) is 18.4 Å². The molecule has 1 aliphatic rings. The molecule has 0 heterocycles. The van der Waals surface area contributed by atoms with E-state index < -0.39 is 10.0 Å². The lowest BCUT2D eigenvalue weighted by atomic mass is 9.84. The molecule has 1 aromatic rings. The summed E-state index contributed by atoms with van der Waals surface area (Å²) in [6, 6.07) is 6.81. The summed E-state index contributed by atoms with van der Waals surface area (Å²) in [5, 5.41) is 0. The molecule has 1 saturated carbocycles. The minimum absolute atomic E-state index is 0. The zero-order valence-electron chi connectivity index (χ0n) is 14.2. The van der Waals surface area contributed by atoms with Gasteiger partial charge in [0.15, 0.2) is 0 Å². The summed E-state index contributed by atoms with van der Waals surface area (Å²) in [6.07, 6.45) is 6.45. The molecule has 138 valence electrons. The lowest BCUT2D eigenvalue weighted by molar-refractivity contribution is 0.202. The largest absolute Gasteiger partial charge is 0.384 e. The lowest BCUT2D eigenvalue weighted by Gasteiger charge is -2.29. The molecule has 0 aromatic heterocycles. The molecule has 0 radical (unpaired) electrons. The highest BCUT2D eigenvalue weighted by atomic mass is 35.5. The van der Waals surface area contributed by atoms with Crippen LogP contribution in [0.25, 0.3) is 0 Å². The van der Waals surface area contributed by atoms with E-state index in [4.69, 9.17) is 10.5 Å². The van der Waals surface area contributed by atoms with Gasteiger partial charge in [-0.3, -0.25) is 0 Å². The molecule has 1 fully saturated rings. The predicted octanol–water partition coefficient (Wildman–Crippen LogP) is 2.48. The average Bonchev–Trinajstić information content (AvgIpc) is 2.59. The van der Waals surface area contributed by atoms with Crippen molar-refractivity contribution >= 4 is 22.4 Å². The first-order chi connectivity index (χ1) is 11.1. The topological polar surface area (TPSA) is 81.4 Å². The number of sulfonamides is 1. The van der Waals surface area contributed by atoms with Crippen molar-refractivity contribution in [2.45, 2.75) is 49.5 Å². The van der Waals surface area contributed by atoms with Crippen molar-refractivity contribution < 1.29 is 13.2 Å². The molecule has 24 heavy (non-hydrogen) atoms. The maximum atomic E-state index is 12.6. The maximum absolute atomic E-state index is 12.6. The zero-order chi connectivity index (χ0) is 16.7. The fourth-order valence-corrected chi connectivity index (χ4v) is 4.51. The van der Waals surface area contributed by atoms with Crippen molar-refractivity contribution in [2.24, 2.45) is 11.7 Å². The smallest absolute Gasteiger partial charge is 0.240 e. The summed E-state index contributed by atoms with van der Waals surface area (Å²) in [5.41, 5.74) is 6.89. The number of nitrogens with one attached hydrogen (secondary N) is 1. The quantitative estimate of drug-likeness (QED) is 0.730. The molecule has 1 atom stereocenters. The predicted molar refractivity (Wildman–Crippen MR) is 99.0 cm³/mol. The van der Waals surface area contributed by atoms with Gasteiger partial charge in [-0.25, -0.2) is 13.1 Å². The molecule has 0 saturated heterocycles. The molecule has 0 amide bonds. The number of nitrogens with two attached hydrogens (primary N) is 1. The Labute approximate surface area is 151 Å². The molecule has 7 heteroatoms. The van der Waals surface area contributed by atoms with Crippen LogP contribution < -0.4 is 10.5 Å². The third-order valence-corrected chi connectivity index (χ3v) is 6.11. The second-order valence-corrected chi connectivity index (χ2v) is 7.96. The van der Waals surface area contributed by atoms with E-state index in [0.29, 0.717) is 24.0 Å². The Morgan fingerprint density at radius 2 is 1.83 bits per heavy atom. The highest BCUT2D eigenvalue weighted by Gasteiger charge is 2.27. The molecule has 1 unspecified atom stereocenters. The molecular weight excluding hydrogens is 348 g/mol. The Balaban J connectivity index is 0.00000288. The Morgan fingerprint density at radius 3 is 2.38 bits per heavy atom. The monoisotopic (exact) mass is 376 g/mol. The number of rotatable bonds is 8. The van der Waals surface area contributed by atoms with Gasteiger partial charge in [0, 0.05) is 19.7 Å². The van der Waals surface area contributed by atoms with Gasteiger partial charge >= 0.3 is 0 Å². The summed E-state index contributed by atoms with van der Waals surface area (Å²) in [7, 11) is -1.87. The summed E-state index contributed by atoms with van der Waals surface area (Å²) in [4.78, 5) is 0.299. The van der Waals surface area contributed by atoms with E-state index in [1.165, 1.54) is 6.42 Å². The van der Waals surface area contributed by atoms with E-state index in [1.54, 1.807) is 19.2 Å². The van der Waals surface area contributed by atoms with Crippen LogP contribution in [-0.2, 0) is 21.2 Å². The van der Waals surface area contributed by atoms with Crippen LogP contribution in [0.1, 0.15) is 37.7 Å². The van der Waals surface area contributed by atoms with Crippen molar-refractivity contribution in [3.05, 3.63) is 29.8 Å². The fourth-order valence-electron chi connectivity index (χ4n) is 3.20. The van der Waals surface area contributed by atoms with Crippen LogP contribution in [0, 0.1) is 5.92 Å². The first-order valence-electron chi connectivity index (χ1n) is 8.37. The van der Waals surface area contributed by atoms with E-state index in [9.17, 15) is 8.42 Å². The molecule has 0 bridgehead atoms. The standard InChI is InChI=1S/C17H28N2O3S.ClH/c1-22-12-11-14-7-9-16(10-8-14)23(20,21)19-17(13-18)15-5-3-2-4-6-15;/h7-10,15,17,19H,2-6,11-13,18H2,1H3;1H. The van der Waals surface area contributed by atoms with E-state index in [2.05, 4.69) is 4.72 Å². The van der Waals surface area contributed by atoms with Gasteiger partial charge in [0.25, 0.3) is 0 Å². The second kappa shape index (κ2) is 10.4. The molecule has 3 N–H and O–H groups in total. The van der Waals surface area contributed by atoms with Crippen molar-refractivity contribution in [1.82, 2.24) is 4.72 Å². The first-order valence-corrected chi connectivity index (χ1v) is 9.85. The van der Waals surface area contributed by atoms with Gasteiger partial charge in [-0.2, -0.15) is 0 Å². The highest BCUT2D eigenvalue weighted by molar-refractivity contribution is 7.89. The van der Waals surface area contributed by atoms with Gasteiger partial charge in [-0.05, 0) is 42.9 Å². The Morgan fingerprint density at radius 1 is 1.21 bits per heavy atom. The highest BCUT2D eigenvalue weighted by Crippen LogP contribution is 2.27. The van der Waals surface area contributed by atoms with Crippen LogP contribution in [-0.4, -0.2) is 34.7 Å². The van der Waals surface area contributed by atoms with Crippen LogP contribution in [0.15, 0.2) is 29.2 Å². The minimum atomic E-state index is -3.52. The van der Waals surface area contributed by atoms with Crippen molar-refractivity contribution in [2.75, 3.05) is 20.3 Å². The van der Waals surface area contributed by atoms with Gasteiger partial charge < -0.3 is 10.5 Å². The van der Waals surface area contributed by atoms with Crippen LogP contribution in [0.5, 0.6) is 0 Å². The second-order valence-electron chi connectivity index (χ2n) is 6.25. The summed E-state index contributed by atoms with van der Waals surface area (Å²) in [6.45, 7) is 0.969. The van der Waals surface area contributed by atoms with Gasteiger partial charge in [-0.1, -0.05) is 31.4 Å². The SMILES string of the molecule is COCCc1ccc(S(=O)(=O)NC(CN)C2CCCCC2)cc1.Cl. The number of hydrogen-bond donors (Lipinski definition) is 2. The summed E-state index contributed by atoms with van der Waals surface area (Å²) < 4.78 is 33.0. The van der Waals surface area contributed by atoms with Crippen molar-refractivity contribution in [3.63, 3.8) is 0 Å². The Hall–Kier alpha value is -0.660. The molecule has 2 rings (SSSR count). The normalized spacial score (nSPS) is 17.2. The molecular formula is C17H29ClN2O3S. The van der Waals surface area contributed by atoms with Crippen LogP contribution in [0.2, 0.25) is 0 Å². The first kappa shape index (κ1) is 21.4. The molecule has 5 nitrogen and oxygen atoms in total. The number of benzene rings is 1. The van der Waals surface area contributed by atoms with E-state index in [1.807, 2.05) is 12.1 Å². The minimum Gasteiger partial charge on any atom is -0.384 e. The average molecular weight is 377 g/mol. The number of halogens is 1. The molecule has 0 aliphatic heterocycles. The Kier molecular flexibility index (Phi) is 9.23. The van der Waals surface area contributed by atoms with Gasteiger partial charge in [0.05, 0.1) is 11.5 Å². The van der Waals surface area contributed by atoms with E-state index in [0.717, 1.165) is 37.7 Å². The Bertz CT molecular complexity index is 572. The van der Waals surface area contributed by atoms with Crippen LogP contribution >= 0.6 is 12.4 Å². The van der Waals surface area contributed by atoms with Crippen molar-refractivity contribution in [3.8, 4) is 0 Å². The lowest BCUT2D eigenvalue weighted by Crippen LogP contribution is -2.45. The van der Waals surface area contributed by atoms with Gasteiger partial charge in [-0.15, -0.1) is 12.4 Å². The van der Waals surface area contributed by atoms with Crippen LogP contribution in [0.3, 0.4) is 0 Å². The third kappa shape index (κ3) is 6.01. The fraction of sp³-hybridized carbons (Fsp3) is 0.647. The van der Waals surface area contributed by atoms with Crippen LogP contribution in [0.4, 0.5) is 0 Å². The number of ether oxygens (including phenoxy) is 1. The summed E-state index contributed by atoms with van der Waals surface area (Å²) in [5.74, 6) is 0.351. The third-order valence-electron chi connectivity index (χ3n) is 4.61. The number of methoxy groups -OCH3 is 1. The van der Waals surface area contributed by atoms with Crippen molar-refractivity contribution in [1.29, 1.82) is 0 Å².